The van der Waals surface area contributed by atoms with Crippen molar-refractivity contribution < 1.29 is 46.1 Å². The summed E-state index contributed by atoms with van der Waals surface area (Å²) in [5.74, 6) is -1.19. The van der Waals surface area contributed by atoms with Crippen molar-refractivity contribution in [3.63, 3.8) is 0 Å². The number of carbonyl (C=O) groups is 1. The van der Waals surface area contributed by atoms with Crippen LogP contribution in [-0.4, -0.2) is 31.7 Å². The van der Waals surface area contributed by atoms with E-state index >= 15 is 0 Å². The summed E-state index contributed by atoms with van der Waals surface area (Å²) in [4.78, 5) is 10.2. The second-order valence-electron chi connectivity index (χ2n) is 1.50. The van der Waals surface area contributed by atoms with Crippen LogP contribution in [0.4, 0.5) is 4.79 Å². The first kappa shape index (κ1) is 14.3. The average molecular weight is 190 g/mol. The van der Waals surface area contributed by atoms with Crippen LogP contribution in [0.15, 0.2) is 0 Å². The fraction of sp³-hybridized carbons (Fsp3) is 0.750. The molecule has 0 aromatic heterocycles. The third kappa shape index (κ3) is 9.78. The monoisotopic (exact) mass is 190 g/mol. The Morgan fingerprint density at radius 2 is 1.92 bits per heavy atom. The Bertz CT molecular complexity index is 222. The molecule has 0 amide bonds. The molecule has 0 spiro atoms. The third-order valence-electron chi connectivity index (χ3n) is 0.583. The SMILES string of the molecule is CCOC(=O)OCS(=O)(=O)[O-].[Li+]. The standard InChI is InChI=1S/C4H8O6S.Li/c1-2-9-4(5)10-3-11(6,7)8;/h2-3H2,1H3,(H,6,7,8);/q;+1/p-1. The second kappa shape index (κ2) is 6.31. The van der Waals surface area contributed by atoms with E-state index in [1.165, 1.54) is 6.92 Å². The molecule has 0 aromatic carbocycles. The molecule has 0 aliphatic carbocycles. The van der Waals surface area contributed by atoms with Gasteiger partial charge in [-0.3, -0.25) is 0 Å². The first-order chi connectivity index (χ1) is 4.95. The zero-order valence-electron chi connectivity index (χ0n) is 6.77. The summed E-state index contributed by atoms with van der Waals surface area (Å²) >= 11 is 0. The molecule has 0 bridgehead atoms. The molecule has 0 aromatic rings. The number of ether oxygens (including phenoxy) is 2. The Balaban J connectivity index is 0. The van der Waals surface area contributed by atoms with Crippen molar-refractivity contribution in [1.82, 2.24) is 0 Å². The maximum absolute atomic E-state index is 10.2. The maximum atomic E-state index is 10.2. The number of hydrogen-bond donors (Lipinski definition) is 0. The average Bonchev–Trinajstić information content (AvgIpc) is 1.83. The van der Waals surface area contributed by atoms with Crippen molar-refractivity contribution in [3.05, 3.63) is 0 Å². The van der Waals surface area contributed by atoms with E-state index < -0.39 is 22.2 Å². The first-order valence-corrected chi connectivity index (χ1v) is 4.26. The second-order valence-corrected chi connectivity index (χ2v) is 2.85. The van der Waals surface area contributed by atoms with Crippen molar-refractivity contribution in [2.75, 3.05) is 12.5 Å². The van der Waals surface area contributed by atoms with Crippen molar-refractivity contribution in [2.24, 2.45) is 0 Å². The topological polar surface area (TPSA) is 92.7 Å². The summed E-state index contributed by atoms with van der Waals surface area (Å²) in [5.41, 5.74) is 0. The fourth-order valence-corrected chi connectivity index (χ4v) is 0.520. The molecule has 0 fully saturated rings. The van der Waals surface area contributed by atoms with Crippen LogP contribution < -0.4 is 18.9 Å². The smallest absolute Gasteiger partial charge is 0.745 e. The molecule has 0 N–H and O–H groups in total. The van der Waals surface area contributed by atoms with E-state index in [2.05, 4.69) is 9.47 Å². The molecular formula is C4H7LiO6S. The molecule has 0 unspecified atom stereocenters. The molecule has 0 rings (SSSR count). The van der Waals surface area contributed by atoms with E-state index in [4.69, 9.17) is 0 Å². The Morgan fingerprint density at radius 3 is 2.25 bits per heavy atom. The van der Waals surface area contributed by atoms with Crippen LogP contribution in [-0.2, 0) is 19.6 Å². The van der Waals surface area contributed by atoms with E-state index in [0.29, 0.717) is 0 Å². The molecule has 66 valence electrons. The molecule has 8 heteroatoms. The number of rotatable bonds is 3. The van der Waals surface area contributed by atoms with Gasteiger partial charge >= 0.3 is 25.0 Å². The van der Waals surface area contributed by atoms with Crippen molar-refractivity contribution in [2.45, 2.75) is 6.92 Å². The molecule has 0 atom stereocenters. The van der Waals surface area contributed by atoms with Crippen molar-refractivity contribution >= 4 is 16.3 Å². The largest absolute Gasteiger partial charge is 1.00 e. The van der Waals surface area contributed by atoms with Gasteiger partial charge in [0.15, 0.2) is 5.94 Å². The summed E-state index contributed by atoms with van der Waals surface area (Å²) in [6.45, 7) is 1.59. The van der Waals surface area contributed by atoms with E-state index in [1.54, 1.807) is 0 Å². The van der Waals surface area contributed by atoms with Gasteiger partial charge in [0.2, 0.25) is 0 Å². The summed E-state index contributed by atoms with van der Waals surface area (Å²) in [7, 11) is -4.51. The third-order valence-corrected chi connectivity index (χ3v) is 0.990. The van der Waals surface area contributed by atoms with E-state index in [0.717, 1.165) is 0 Å². The van der Waals surface area contributed by atoms with Crippen molar-refractivity contribution in [1.29, 1.82) is 0 Å². The Morgan fingerprint density at radius 1 is 1.42 bits per heavy atom. The predicted octanol–water partition coefficient (Wildman–Crippen LogP) is -3.33. The number of hydrogen-bond acceptors (Lipinski definition) is 6. The molecule has 0 radical (unpaired) electrons. The van der Waals surface area contributed by atoms with Gasteiger partial charge in [0.05, 0.1) is 6.61 Å². The van der Waals surface area contributed by atoms with Crippen molar-refractivity contribution in [3.8, 4) is 0 Å². The van der Waals surface area contributed by atoms with Gasteiger partial charge < -0.3 is 14.0 Å². The zero-order chi connectivity index (χ0) is 8.91. The molecule has 0 aliphatic rings. The summed E-state index contributed by atoms with van der Waals surface area (Å²) in [5, 5.41) is 0. The molecule has 6 nitrogen and oxygen atoms in total. The van der Waals surface area contributed by atoms with Gasteiger partial charge in [0, 0.05) is 0 Å². The summed E-state index contributed by atoms with van der Waals surface area (Å²) in [6.07, 6.45) is -1.16. The maximum Gasteiger partial charge on any atom is 1.00 e. The first-order valence-electron chi connectivity index (χ1n) is 2.69. The van der Waals surface area contributed by atoms with Crippen LogP contribution in [0.3, 0.4) is 0 Å². The minimum atomic E-state index is -4.51. The van der Waals surface area contributed by atoms with Gasteiger partial charge in [-0.2, -0.15) is 0 Å². The van der Waals surface area contributed by atoms with Crippen LogP contribution in [0.2, 0.25) is 0 Å². The molecule has 0 heterocycles. The van der Waals surface area contributed by atoms with Gasteiger partial charge in [-0.25, -0.2) is 13.2 Å². The van der Waals surface area contributed by atoms with Crippen LogP contribution in [0.1, 0.15) is 6.92 Å². The van der Waals surface area contributed by atoms with Gasteiger partial charge in [0.1, 0.15) is 10.1 Å². The Kier molecular flexibility index (Phi) is 7.53. The minimum absolute atomic E-state index is 0. The quantitative estimate of drug-likeness (QED) is 0.262. The number of carbonyl (C=O) groups excluding carboxylic acids is 1. The minimum Gasteiger partial charge on any atom is -0.745 e. The Hall–Kier alpha value is -0.223. The van der Waals surface area contributed by atoms with Gasteiger partial charge in [-0.05, 0) is 6.92 Å². The zero-order valence-corrected chi connectivity index (χ0v) is 7.59. The van der Waals surface area contributed by atoms with Crippen LogP contribution in [0.25, 0.3) is 0 Å². The molecular weight excluding hydrogens is 183 g/mol. The fourth-order valence-electron chi connectivity index (χ4n) is 0.280. The van der Waals surface area contributed by atoms with E-state index in [1.807, 2.05) is 0 Å². The van der Waals surface area contributed by atoms with E-state index in [9.17, 15) is 17.8 Å². The predicted molar refractivity (Wildman–Crippen MR) is 32.7 cm³/mol. The molecule has 0 aliphatic heterocycles. The van der Waals surface area contributed by atoms with Crippen LogP contribution >= 0.6 is 0 Å². The Labute approximate surface area is 82.1 Å². The van der Waals surface area contributed by atoms with Gasteiger partial charge in [-0.1, -0.05) is 0 Å². The molecule has 12 heavy (non-hydrogen) atoms. The normalized spacial score (nSPS) is 9.83. The van der Waals surface area contributed by atoms with Crippen LogP contribution in [0.5, 0.6) is 0 Å². The molecule has 0 saturated heterocycles. The van der Waals surface area contributed by atoms with E-state index in [-0.39, 0.29) is 25.5 Å². The molecule has 0 saturated carbocycles. The summed E-state index contributed by atoms with van der Waals surface area (Å²) in [6, 6.07) is 0. The van der Waals surface area contributed by atoms with Gasteiger partial charge in [-0.15, -0.1) is 0 Å². The summed E-state index contributed by atoms with van der Waals surface area (Å²) < 4.78 is 37.6. The van der Waals surface area contributed by atoms with Gasteiger partial charge in [0.25, 0.3) is 0 Å². The van der Waals surface area contributed by atoms with Crippen LogP contribution in [0, 0.1) is 0 Å².